The van der Waals surface area contributed by atoms with Crippen LogP contribution in [0.2, 0.25) is 0 Å². The molecule has 0 aromatic heterocycles. The first-order valence-corrected chi connectivity index (χ1v) is 6.20. The van der Waals surface area contributed by atoms with Gasteiger partial charge in [0, 0.05) is 19.1 Å². The van der Waals surface area contributed by atoms with Crippen molar-refractivity contribution in [3.8, 4) is 5.75 Å². The van der Waals surface area contributed by atoms with Crippen LogP contribution in [0.5, 0.6) is 5.75 Å². The summed E-state index contributed by atoms with van der Waals surface area (Å²) in [6.07, 6.45) is 2.40. The average Bonchev–Trinajstić information content (AvgIpc) is 2.80. The zero-order valence-corrected chi connectivity index (χ0v) is 14.4. The summed E-state index contributed by atoms with van der Waals surface area (Å²) in [5.41, 5.74) is -0.895. The Bertz CT molecular complexity index is 436. The molecule has 0 spiro atoms. The molecule has 2 nitrogen and oxygen atoms in total. The quantitative estimate of drug-likeness (QED) is 0.555. The first kappa shape index (κ1) is 18.5. The molecule has 1 aromatic carbocycles. The molecule has 1 aromatic rings. The van der Waals surface area contributed by atoms with Gasteiger partial charge in [0.1, 0.15) is 5.82 Å². The normalized spacial score (nSPS) is 18.7. The smallest absolute Gasteiger partial charge is 0.496 e. The van der Waals surface area contributed by atoms with Gasteiger partial charge in [-0.05, 0) is 18.9 Å². The van der Waals surface area contributed by atoms with Crippen molar-refractivity contribution in [1.82, 2.24) is 0 Å². The maximum atomic E-state index is 13.0. The van der Waals surface area contributed by atoms with Crippen LogP contribution in [-0.4, -0.2) is 26.3 Å². The fourth-order valence-electron chi connectivity index (χ4n) is 2.08. The van der Waals surface area contributed by atoms with E-state index in [1.807, 2.05) is 0 Å². The molecule has 0 saturated carbocycles. The number of halogens is 4. The number of benzene rings is 1. The molecule has 1 atom stereocenters. The van der Waals surface area contributed by atoms with Crippen molar-refractivity contribution in [2.24, 2.45) is 0 Å². The van der Waals surface area contributed by atoms with Crippen LogP contribution in [0.4, 0.5) is 17.3 Å². The minimum absolute atomic E-state index is 0. The maximum Gasteiger partial charge on any atom is 1.00 e. The molecule has 1 aliphatic heterocycles. The molecule has 1 unspecified atom stereocenters. The number of ether oxygens (including phenoxy) is 2. The average molecular weight is 316 g/mol. The van der Waals surface area contributed by atoms with Gasteiger partial charge in [0.2, 0.25) is 0 Å². The molecule has 1 aliphatic rings. The van der Waals surface area contributed by atoms with E-state index < -0.39 is 24.0 Å². The summed E-state index contributed by atoms with van der Waals surface area (Å²) >= 11 is 0. The molecular formula is C12H14BF4KO2. The predicted octanol–water partition coefficient (Wildman–Crippen LogP) is -0.168. The van der Waals surface area contributed by atoms with Gasteiger partial charge >= 0.3 is 58.4 Å². The van der Waals surface area contributed by atoms with Crippen LogP contribution in [0.15, 0.2) is 18.2 Å². The van der Waals surface area contributed by atoms with Gasteiger partial charge in [0.05, 0.1) is 18.5 Å². The van der Waals surface area contributed by atoms with E-state index in [4.69, 9.17) is 9.47 Å². The second kappa shape index (κ2) is 8.14. The molecule has 20 heavy (non-hydrogen) atoms. The molecule has 0 aliphatic carbocycles. The van der Waals surface area contributed by atoms with E-state index >= 15 is 0 Å². The molecule has 106 valence electrons. The van der Waals surface area contributed by atoms with Crippen LogP contribution >= 0.6 is 0 Å². The molecule has 0 bridgehead atoms. The molecule has 0 N–H and O–H groups in total. The van der Waals surface area contributed by atoms with Gasteiger partial charge in [-0.3, -0.25) is 0 Å². The second-order valence-electron chi connectivity index (χ2n) is 4.53. The van der Waals surface area contributed by atoms with Crippen molar-refractivity contribution < 1.29 is 78.2 Å². The summed E-state index contributed by atoms with van der Waals surface area (Å²) < 4.78 is 61.7. The minimum Gasteiger partial charge on any atom is -0.496 e. The van der Waals surface area contributed by atoms with Crippen LogP contribution in [0, 0.1) is 5.82 Å². The topological polar surface area (TPSA) is 18.5 Å². The molecule has 1 heterocycles. The van der Waals surface area contributed by atoms with E-state index in [1.54, 1.807) is 0 Å². The van der Waals surface area contributed by atoms with Crippen molar-refractivity contribution in [1.29, 1.82) is 0 Å². The second-order valence-corrected chi connectivity index (χ2v) is 4.53. The minimum atomic E-state index is -5.20. The van der Waals surface area contributed by atoms with Gasteiger partial charge in [-0.1, -0.05) is 11.5 Å². The Balaban J connectivity index is 0.00000200. The molecule has 0 radical (unpaired) electrons. The van der Waals surface area contributed by atoms with E-state index in [2.05, 4.69) is 0 Å². The van der Waals surface area contributed by atoms with Gasteiger partial charge < -0.3 is 22.4 Å². The van der Waals surface area contributed by atoms with Gasteiger partial charge in [-0.2, -0.15) is 0 Å². The van der Waals surface area contributed by atoms with E-state index in [9.17, 15) is 17.3 Å². The fraction of sp³-hybridized carbons (Fsp3) is 0.500. The zero-order valence-electron chi connectivity index (χ0n) is 11.3. The summed E-state index contributed by atoms with van der Waals surface area (Å²) in [5, 5.41) is 0. The molecule has 1 fully saturated rings. The predicted molar refractivity (Wildman–Crippen MR) is 64.2 cm³/mol. The third kappa shape index (κ3) is 5.31. The van der Waals surface area contributed by atoms with E-state index in [0.717, 1.165) is 31.0 Å². The van der Waals surface area contributed by atoms with Crippen LogP contribution in [0.25, 0.3) is 0 Å². The van der Waals surface area contributed by atoms with Crippen molar-refractivity contribution >= 4 is 12.4 Å². The van der Waals surface area contributed by atoms with Gasteiger partial charge in [0.15, 0.2) is 0 Å². The number of hydrogen-bond donors (Lipinski definition) is 0. The Kier molecular flexibility index (Phi) is 7.51. The van der Waals surface area contributed by atoms with E-state index in [0.29, 0.717) is 13.0 Å². The van der Waals surface area contributed by atoms with Crippen molar-refractivity contribution in [2.75, 3.05) is 13.2 Å². The Morgan fingerprint density at radius 1 is 1.30 bits per heavy atom. The van der Waals surface area contributed by atoms with Gasteiger partial charge in [0.25, 0.3) is 0 Å². The Morgan fingerprint density at radius 3 is 2.65 bits per heavy atom. The van der Waals surface area contributed by atoms with Crippen LogP contribution in [0.1, 0.15) is 19.3 Å². The molecule has 1 saturated heterocycles. The van der Waals surface area contributed by atoms with Crippen LogP contribution < -0.4 is 61.6 Å². The standard InChI is InChI=1S/C12H14BF4O2.K/c14-9-3-4-11(13(15,16)17)12(8-9)19-7-5-10-2-1-6-18-10;/h3-4,8,10H,1-2,5-7H2;/q-1;+1. The summed E-state index contributed by atoms with van der Waals surface area (Å²) in [4.78, 5) is 0. The number of hydrogen-bond acceptors (Lipinski definition) is 2. The third-order valence-corrected chi connectivity index (χ3v) is 3.05. The SMILES string of the molecule is Fc1ccc([B-](F)(F)F)c(OCCC2CCCO2)c1.[K+]. The first-order valence-electron chi connectivity index (χ1n) is 6.20. The Hall–Kier alpha value is 0.401. The molecule has 8 heteroatoms. The van der Waals surface area contributed by atoms with E-state index in [-0.39, 0.29) is 64.1 Å². The largest absolute Gasteiger partial charge is 1.00 e. The van der Waals surface area contributed by atoms with Crippen molar-refractivity contribution in [3.63, 3.8) is 0 Å². The van der Waals surface area contributed by atoms with Gasteiger partial charge in [-0.15, -0.1) is 0 Å². The summed E-state index contributed by atoms with van der Waals surface area (Å²) in [6, 6.07) is 2.29. The summed E-state index contributed by atoms with van der Waals surface area (Å²) in [6.45, 7) is -4.43. The summed E-state index contributed by atoms with van der Waals surface area (Å²) in [5.74, 6) is -1.18. The fourth-order valence-corrected chi connectivity index (χ4v) is 2.08. The first-order chi connectivity index (χ1) is 8.97. The Morgan fingerprint density at radius 2 is 2.05 bits per heavy atom. The maximum absolute atomic E-state index is 13.0. The van der Waals surface area contributed by atoms with Crippen LogP contribution in [-0.2, 0) is 4.74 Å². The van der Waals surface area contributed by atoms with E-state index in [1.165, 1.54) is 0 Å². The third-order valence-electron chi connectivity index (χ3n) is 3.05. The van der Waals surface area contributed by atoms with Crippen LogP contribution in [0.3, 0.4) is 0 Å². The van der Waals surface area contributed by atoms with Crippen molar-refractivity contribution in [3.05, 3.63) is 24.0 Å². The number of rotatable bonds is 5. The zero-order chi connectivity index (χ0) is 13.9. The Labute approximate surface area is 157 Å². The molecule has 2 rings (SSSR count). The molecule has 0 amide bonds. The monoisotopic (exact) mass is 316 g/mol. The van der Waals surface area contributed by atoms with Gasteiger partial charge in [-0.25, -0.2) is 4.39 Å². The summed E-state index contributed by atoms with van der Waals surface area (Å²) in [7, 11) is 0. The van der Waals surface area contributed by atoms with Crippen molar-refractivity contribution in [2.45, 2.75) is 25.4 Å². The molecular weight excluding hydrogens is 302 g/mol.